The van der Waals surface area contributed by atoms with Gasteiger partial charge in [0.05, 0.1) is 6.61 Å². The smallest absolute Gasteiger partial charge is 0.302 e. The number of ether oxygens (including phenoxy) is 2. The van der Waals surface area contributed by atoms with Gasteiger partial charge in [-0.2, -0.15) is 0 Å². The fourth-order valence-electron chi connectivity index (χ4n) is 1.37. The Labute approximate surface area is 93.1 Å². The van der Waals surface area contributed by atoms with Crippen LogP contribution in [0.5, 0.6) is 0 Å². The summed E-state index contributed by atoms with van der Waals surface area (Å²) < 4.78 is 10.3. The second-order valence-electron chi connectivity index (χ2n) is 3.91. The van der Waals surface area contributed by atoms with E-state index in [1.54, 1.807) is 0 Å². The van der Waals surface area contributed by atoms with Crippen molar-refractivity contribution in [2.24, 2.45) is 0 Å². The standard InChI is InChI=1S/C12H24O3/c1-4-5-6-7-8-9-14-10-11(2)15-12(3)13/h11H,4-10H2,1-3H3. The quantitative estimate of drug-likeness (QED) is 0.439. The molecule has 0 saturated carbocycles. The Morgan fingerprint density at radius 3 is 2.47 bits per heavy atom. The molecule has 15 heavy (non-hydrogen) atoms. The van der Waals surface area contributed by atoms with E-state index in [0.29, 0.717) is 6.61 Å². The van der Waals surface area contributed by atoms with Crippen molar-refractivity contribution in [2.75, 3.05) is 13.2 Å². The molecule has 0 saturated heterocycles. The third kappa shape index (κ3) is 11.4. The fraction of sp³-hybridized carbons (Fsp3) is 0.917. The van der Waals surface area contributed by atoms with Gasteiger partial charge in [-0.1, -0.05) is 32.6 Å². The summed E-state index contributed by atoms with van der Waals surface area (Å²) in [6.45, 7) is 6.75. The highest BCUT2D eigenvalue weighted by molar-refractivity contribution is 5.66. The molecule has 90 valence electrons. The molecule has 3 heteroatoms. The molecule has 0 rings (SSSR count). The molecule has 0 aromatic rings. The number of carbonyl (C=O) groups excluding carboxylic acids is 1. The summed E-state index contributed by atoms with van der Waals surface area (Å²) in [4.78, 5) is 10.6. The van der Waals surface area contributed by atoms with E-state index in [0.717, 1.165) is 13.0 Å². The molecule has 0 radical (unpaired) electrons. The van der Waals surface area contributed by atoms with Gasteiger partial charge in [0.2, 0.25) is 0 Å². The molecule has 0 heterocycles. The predicted molar refractivity (Wildman–Crippen MR) is 60.8 cm³/mol. The maximum atomic E-state index is 10.6. The van der Waals surface area contributed by atoms with Crippen LogP contribution in [0.2, 0.25) is 0 Å². The Morgan fingerprint density at radius 2 is 1.87 bits per heavy atom. The molecule has 0 aromatic heterocycles. The lowest BCUT2D eigenvalue weighted by Crippen LogP contribution is -2.18. The molecular formula is C12H24O3. The maximum Gasteiger partial charge on any atom is 0.302 e. The molecular weight excluding hydrogens is 192 g/mol. The zero-order valence-electron chi connectivity index (χ0n) is 10.3. The largest absolute Gasteiger partial charge is 0.460 e. The van der Waals surface area contributed by atoms with Crippen LogP contribution in [0.15, 0.2) is 0 Å². The Balaban J connectivity index is 3.13. The molecule has 1 unspecified atom stereocenters. The maximum absolute atomic E-state index is 10.6. The number of unbranched alkanes of at least 4 members (excludes halogenated alkanes) is 4. The van der Waals surface area contributed by atoms with Crippen molar-refractivity contribution in [1.29, 1.82) is 0 Å². The summed E-state index contributed by atoms with van der Waals surface area (Å²) in [6, 6.07) is 0. The van der Waals surface area contributed by atoms with E-state index in [4.69, 9.17) is 9.47 Å². The van der Waals surface area contributed by atoms with Gasteiger partial charge in [-0.3, -0.25) is 4.79 Å². The van der Waals surface area contributed by atoms with Crippen LogP contribution in [-0.4, -0.2) is 25.3 Å². The summed E-state index contributed by atoms with van der Waals surface area (Å²) in [5.74, 6) is -0.242. The average Bonchev–Trinajstić information content (AvgIpc) is 2.15. The fourth-order valence-corrected chi connectivity index (χ4v) is 1.37. The van der Waals surface area contributed by atoms with E-state index in [-0.39, 0.29) is 12.1 Å². The van der Waals surface area contributed by atoms with Gasteiger partial charge < -0.3 is 9.47 Å². The van der Waals surface area contributed by atoms with Crippen LogP contribution in [0, 0.1) is 0 Å². The monoisotopic (exact) mass is 216 g/mol. The molecule has 0 N–H and O–H groups in total. The topological polar surface area (TPSA) is 35.5 Å². The van der Waals surface area contributed by atoms with Crippen molar-refractivity contribution in [3.8, 4) is 0 Å². The van der Waals surface area contributed by atoms with Gasteiger partial charge in [0.1, 0.15) is 6.10 Å². The molecule has 0 bridgehead atoms. The number of hydrogen-bond donors (Lipinski definition) is 0. The Morgan fingerprint density at radius 1 is 1.20 bits per heavy atom. The van der Waals surface area contributed by atoms with Gasteiger partial charge in [0.15, 0.2) is 0 Å². The lowest BCUT2D eigenvalue weighted by molar-refractivity contribution is -0.148. The molecule has 0 aliphatic rings. The van der Waals surface area contributed by atoms with Crippen molar-refractivity contribution in [1.82, 2.24) is 0 Å². The zero-order chi connectivity index (χ0) is 11.5. The zero-order valence-corrected chi connectivity index (χ0v) is 10.3. The highest BCUT2D eigenvalue weighted by Crippen LogP contribution is 2.02. The van der Waals surface area contributed by atoms with E-state index in [2.05, 4.69) is 6.92 Å². The van der Waals surface area contributed by atoms with Crippen LogP contribution in [0.4, 0.5) is 0 Å². The first kappa shape index (κ1) is 14.4. The Bertz CT molecular complexity index is 157. The third-order valence-electron chi connectivity index (χ3n) is 2.11. The predicted octanol–water partition coefficient (Wildman–Crippen LogP) is 2.93. The number of carbonyl (C=O) groups is 1. The SMILES string of the molecule is CCCCCCCOCC(C)OC(C)=O. The van der Waals surface area contributed by atoms with Crippen LogP contribution in [0.25, 0.3) is 0 Å². The summed E-state index contributed by atoms with van der Waals surface area (Å²) >= 11 is 0. The van der Waals surface area contributed by atoms with E-state index < -0.39 is 0 Å². The van der Waals surface area contributed by atoms with Crippen molar-refractivity contribution in [3.05, 3.63) is 0 Å². The van der Waals surface area contributed by atoms with Crippen molar-refractivity contribution in [2.45, 2.75) is 59.0 Å². The lowest BCUT2D eigenvalue weighted by atomic mass is 10.2. The first-order valence-electron chi connectivity index (χ1n) is 5.91. The van der Waals surface area contributed by atoms with E-state index in [1.807, 2.05) is 6.92 Å². The second-order valence-corrected chi connectivity index (χ2v) is 3.91. The summed E-state index contributed by atoms with van der Waals surface area (Å²) in [6.07, 6.45) is 6.08. The van der Waals surface area contributed by atoms with Crippen LogP contribution in [0.1, 0.15) is 52.9 Å². The van der Waals surface area contributed by atoms with Crippen LogP contribution >= 0.6 is 0 Å². The minimum Gasteiger partial charge on any atom is -0.460 e. The minimum absolute atomic E-state index is 0.127. The van der Waals surface area contributed by atoms with Gasteiger partial charge in [0, 0.05) is 13.5 Å². The van der Waals surface area contributed by atoms with Gasteiger partial charge >= 0.3 is 5.97 Å². The van der Waals surface area contributed by atoms with Gasteiger partial charge in [-0.05, 0) is 13.3 Å². The second kappa shape index (κ2) is 9.97. The van der Waals surface area contributed by atoms with Crippen molar-refractivity contribution < 1.29 is 14.3 Å². The Kier molecular flexibility index (Phi) is 9.59. The molecule has 0 aliphatic heterocycles. The molecule has 0 fully saturated rings. The first-order chi connectivity index (χ1) is 7.16. The van der Waals surface area contributed by atoms with E-state index >= 15 is 0 Å². The normalized spacial score (nSPS) is 12.5. The summed E-state index contributed by atoms with van der Waals surface area (Å²) in [5, 5.41) is 0. The first-order valence-corrected chi connectivity index (χ1v) is 5.91. The van der Waals surface area contributed by atoms with E-state index in [1.165, 1.54) is 32.6 Å². The highest BCUT2D eigenvalue weighted by Gasteiger charge is 2.04. The van der Waals surface area contributed by atoms with Crippen LogP contribution in [0.3, 0.4) is 0 Å². The summed E-state index contributed by atoms with van der Waals surface area (Å²) in [7, 11) is 0. The number of esters is 1. The highest BCUT2D eigenvalue weighted by atomic mass is 16.6. The number of rotatable bonds is 9. The van der Waals surface area contributed by atoms with E-state index in [9.17, 15) is 4.79 Å². The molecule has 0 amide bonds. The Hall–Kier alpha value is -0.570. The van der Waals surface area contributed by atoms with Gasteiger partial charge in [-0.15, -0.1) is 0 Å². The van der Waals surface area contributed by atoms with Gasteiger partial charge in [-0.25, -0.2) is 0 Å². The molecule has 0 aromatic carbocycles. The van der Waals surface area contributed by atoms with Gasteiger partial charge in [0.25, 0.3) is 0 Å². The molecule has 1 atom stereocenters. The minimum atomic E-state index is -0.242. The summed E-state index contributed by atoms with van der Waals surface area (Å²) in [5.41, 5.74) is 0. The van der Waals surface area contributed by atoms with Crippen LogP contribution in [-0.2, 0) is 14.3 Å². The van der Waals surface area contributed by atoms with Crippen molar-refractivity contribution >= 4 is 5.97 Å². The number of hydrogen-bond acceptors (Lipinski definition) is 3. The third-order valence-corrected chi connectivity index (χ3v) is 2.11. The lowest BCUT2D eigenvalue weighted by Gasteiger charge is -2.11. The van der Waals surface area contributed by atoms with Crippen LogP contribution < -0.4 is 0 Å². The molecule has 0 spiro atoms. The molecule has 0 aliphatic carbocycles. The average molecular weight is 216 g/mol. The van der Waals surface area contributed by atoms with Crippen molar-refractivity contribution in [3.63, 3.8) is 0 Å². The molecule has 3 nitrogen and oxygen atoms in total.